The van der Waals surface area contributed by atoms with Gasteiger partial charge in [0.05, 0.1) is 26.1 Å². The molecule has 1 aromatic heterocycles. The first-order chi connectivity index (χ1) is 19.5. The van der Waals surface area contributed by atoms with Crippen LogP contribution in [0.3, 0.4) is 0 Å². The fourth-order valence-electron chi connectivity index (χ4n) is 5.39. The summed E-state index contributed by atoms with van der Waals surface area (Å²) in [6, 6.07) is 24.1. The number of halogens is 3. The molecule has 5 nitrogen and oxygen atoms in total. The minimum absolute atomic E-state index is 0.156. The van der Waals surface area contributed by atoms with Crippen LogP contribution in [-0.4, -0.2) is 15.9 Å². The van der Waals surface area contributed by atoms with Gasteiger partial charge in [0.2, 0.25) is 0 Å². The molecule has 0 bridgehead atoms. The van der Waals surface area contributed by atoms with Crippen LogP contribution in [0.25, 0.3) is 21.7 Å². The molecule has 202 valence electrons. The van der Waals surface area contributed by atoms with Crippen molar-refractivity contribution < 1.29 is 4.74 Å². The fraction of sp³-hybridized carbons (Fsp3) is 0.219. The lowest BCUT2D eigenvalue weighted by molar-refractivity contribution is 0.303. The molecule has 0 spiro atoms. The summed E-state index contributed by atoms with van der Waals surface area (Å²) in [6.07, 6.45) is 7.25. The van der Waals surface area contributed by atoms with Gasteiger partial charge in [-0.25, -0.2) is 4.98 Å². The summed E-state index contributed by atoms with van der Waals surface area (Å²) in [5.74, 6) is 1.67. The van der Waals surface area contributed by atoms with Crippen LogP contribution in [0, 0.1) is 0 Å². The van der Waals surface area contributed by atoms with Crippen LogP contribution in [0.1, 0.15) is 55.0 Å². The van der Waals surface area contributed by atoms with E-state index in [0.29, 0.717) is 23.3 Å². The third kappa shape index (κ3) is 5.67. The van der Waals surface area contributed by atoms with Crippen LogP contribution in [0.15, 0.2) is 96.1 Å². The van der Waals surface area contributed by atoms with Crippen molar-refractivity contribution in [3.63, 3.8) is 0 Å². The first-order valence-corrected chi connectivity index (χ1v) is 15.7. The zero-order valence-electron chi connectivity index (χ0n) is 21.6. The molecule has 5 aromatic rings. The van der Waals surface area contributed by atoms with Crippen LogP contribution >= 0.6 is 47.8 Å². The second kappa shape index (κ2) is 12.0. The summed E-state index contributed by atoms with van der Waals surface area (Å²) in [6.45, 7) is 0.435. The molecule has 0 amide bonds. The predicted molar refractivity (Wildman–Crippen MR) is 173 cm³/mol. The SMILES string of the molecule is O=c1c2cc(Br)ccc2nc(C2CCCCC2)n1N=Cc1cc(Br)c(OCc2cccc3ccccc23)c(Br)c1. The molecular weight excluding hydrogens is 698 g/mol. The lowest BCUT2D eigenvalue weighted by atomic mass is 9.88. The molecule has 6 rings (SSSR count). The van der Waals surface area contributed by atoms with E-state index in [9.17, 15) is 4.79 Å². The Labute approximate surface area is 257 Å². The van der Waals surface area contributed by atoms with E-state index in [-0.39, 0.29) is 11.5 Å². The van der Waals surface area contributed by atoms with E-state index in [1.807, 2.05) is 42.5 Å². The fourth-order valence-corrected chi connectivity index (χ4v) is 7.20. The van der Waals surface area contributed by atoms with Crippen LogP contribution in [0.2, 0.25) is 0 Å². The minimum Gasteiger partial charge on any atom is -0.487 e. The highest BCUT2D eigenvalue weighted by atomic mass is 79.9. The van der Waals surface area contributed by atoms with Crippen molar-refractivity contribution in [1.82, 2.24) is 9.66 Å². The van der Waals surface area contributed by atoms with Crippen molar-refractivity contribution in [3.8, 4) is 5.75 Å². The number of ether oxygens (including phenoxy) is 1. The Balaban J connectivity index is 1.31. The topological polar surface area (TPSA) is 56.5 Å². The molecule has 1 saturated carbocycles. The third-order valence-corrected chi connectivity index (χ3v) is 9.07. The summed E-state index contributed by atoms with van der Waals surface area (Å²) >= 11 is 10.8. The van der Waals surface area contributed by atoms with Gasteiger partial charge in [0.1, 0.15) is 18.2 Å². The molecule has 0 aliphatic heterocycles. The van der Waals surface area contributed by atoms with Gasteiger partial charge in [0, 0.05) is 10.4 Å². The maximum atomic E-state index is 13.6. The average molecular weight is 724 g/mol. The molecule has 1 aliphatic carbocycles. The van der Waals surface area contributed by atoms with E-state index in [1.54, 1.807) is 6.21 Å². The average Bonchev–Trinajstić information content (AvgIpc) is 2.97. The van der Waals surface area contributed by atoms with E-state index < -0.39 is 0 Å². The molecule has 4 aromatic carbocycles. The first kappa shape index (κ1) is 27.4. The van der Waals surface area contributed by atoms with Gasteiger partial charge in [-0.15, -0.1) is 0 Å². The van der Waals surface area contributed by atoms with Gasteiger partial charge in [0.15, 0.2) is 0 Å². The van der Waals surface area contributed by atoms with Gasteiger partial charge in [0.25, 0.3) is 5.56 Å². The van der Waals surface area contributed by atoms with Gasteiger partial charge in [-0.1, -0.05) is 77.7 Å². The summed E-state index contributed by atoms with van der Waals surface area (Å²) in [5.41, 5.74) is 2.49. The van der Waals surface area contributed by atoms with Gasteiger partial charge >= 0.3 is 0 Å². The molecule has 8 heteroatoms. The van der Waals surface area contributed by atoms with E-state index in [0.717, 1.165) is 56.1 Å². The number of fused-ring (bicyclic) bond motifs is 2. The monoisotopic (exact) mass is 721 g/mol. The summed E-state index contributed by atoms with van der Waals surface area (Å²) < 4.78 is 10.2. The first-order valence-electron chi connectivity index (χ1n) is 13.3. The van der Waals surface area contributed by atoms with E-state index in [1.165, 1.54) is 21.9 Å². The highest BCUT2D eigenvalue weighted by Gasteiger charge is 2.22. The van der Waals surface area contributed by atoms with Crippen LogP contribution < -0.4 is 10.3 Å². The Kier molecular flexibility index (Phi) is 8.19. The van der Waals surface area contributed by atoms with Gasteiger partial charge in [-0.3, -0.25) is 4.79 Å². The Hall–Kier alpha value is -2.81. The zero-order chi connectivity index (χ0) is 27.6. The predicted octanol–water partition coefficient (Wildman–Crippen LogP) is 9.35. The molecular formula is C32H26Br3N3O2. The van der Waals surface area contributed by atoms with E-state index in [4.69, 9.17) is 9.72 Å². The second-order valence-electron chi connectivity index (χ2n) is 10.1. The number of benzene rings is 4. The zero-order valence-corrected chi connectivity index (χ0v) is 26.4. The van der Waals surface area contributed by atoms with E-state index >= 15 is 0 Å². The molecule has 0 radical (unpaired) electrons. The molecule has 0 saturated heterocycles. The van der Waals surface area contributed by atoms with Crippen molar-refractivity contribution in [2.24, 2.45) is 5.10 Å². The standard InChI is InChI=1S/C32H26Br3N3O2/c33-24-13-14-29-26(17-24)32(39)38(31(37-29)22-8-2-1-3-9-22)36-18-20-15-27(34)30(28(35)16-20)40-19-23-11-6-10-21-7-4-5-12-25(21)23/h4-7,10-18,22H,1-3,8-9,19H2. The number of rotatable bonds is 6. The van der Waals surface area contributed by atoms with Crippen molar-refractivity contribution in [1.29, 1.82) is 0 Å². The molecule has 1 fully saturated rings. The molecule has 40 heavy (non-hydrogen) atoms. The maximum Gasteiger partial charge on any atom is 0.282 e. The highest BCUT2D eigenvalue weighted by molar-refractivity contribution is 9.11. The number of aromatic nitrogens is 2. The quantitative estimate of drug-likeness (QED) is 0.164. The molecule has 0 unspecified atom stereocenters. The van der Waals surface area contributed by atoms with Crippen molar-refractivity contribution in [2.75, 3.05) is 0 Å². The van der Waals surface area contributed by atoms with E-state index in [2.05, 4.69) is 83.2 Å². The second-order valence-corrected chi connectivity index (χ2v) is 12.7. The number of hydrogen-bond donors (Lipinski definition) is 0. The molecule has 1 heterocycles. The lowest BCUT2D eigenvalue weighted by Gasteiger charge is -2.22. The Bertz CT molecular complexity index is 1780. The largest absolute Gasteiger partial charge is 0.487 e. The smallest absolute Gasteiger partial charge is 0.282 e. The maximum absolute atomic E-state index is 13.6. The molecule has 0 N–H and O–H groups in total. The molecule has 0 atom stereocenters. The number of hydrogen-bond acceptors (Lipinski definition) is 4. The van der Waals surface area contributed by atoms with Crippen molar-refractivity contribution >= 4 is 75.7 Å². The lowest BCUT2D eigenvalue weighted by Crippen LogP contribution is -2.25. The normalized spacial score (nSPS) is 14.4. The van der Waals surface area contributed by atoms with Crippen molar-refractivity contribution in [3.05, 3.63) is 114 Å². The Morgan fingerprint density at radius 2 is 1.65 bits per heavy atom. The molecule has 1 aliphatic rings. The van der Waals surface area contributed by atoms with Gasteiger partial charge in [-0.05, 0) is 96.9 Å². The summed E-state index contributed by atoms with van der Waals surface area (Å²) in [7, 11) is 0. The summed E-state index contributed by atoms with van der Waals surface area (Å²) in [4.78, 5) is 18.5. The van der Waals surface area contributed by atoms with Gasteiger partial charge in [-0.2, -0.15) is 9.78 Å². The van der Waals surface area contributed by atoms with Gasteiger partial charge < -0.3 is 4.74 Å². The Morgan fingerprint density at radius 1 is 0.900 bits per heavy atom. The summed E-state index contributed by atoms with van der Waals surface area (Å²) in [5, 5.41) is 7.60. The number of nitrogens with zero attached hydrogens (tertiary/aromatic N) is 3. The highest BCUT2D eigenvalue weighted by Crippen LogP contribution is 2.36. The van der Waals surface area contributed by atoms with Crippen LogP contribution in [-0.2, 0) is 6.61 Å². The van der Waals surface area contributed by atoms with Crippen LogP contribution in [0.4, 0.5) is 0 Å². The van der Waals surface area contributed by atoms with Crippen LogP contribution in [0.5, 0.6) is 5.75 Å². The Morgan fingerprint density at radius 3 is 2.45 bits per heavy atom. The third-order valence-electron chi connectivity index (χ3n) is 7.40. The van der Waals surface area contributed by atoms with Crippen molar-refractivity contribution in [2.45, 2.75) is 44.6 Å². The minimum atomic E-state index is -0.156.